The Morgan fingerprint density at radius 2 is 1.11 bits per heavy atom. The zero-order chi connectivity index (χ0) is 47.1. The van der Waals surface area contributed by atoms with Crippen LogP contribution in [0.15, 0.2) is 156 Å². The number of hydrogen-bond acceptors (Lipinski definition) is 3. The van der Waals surface area contributed by atoms with Gasteiger partial charge in [-0.05, 0) is 211 Å². The zero-order valence-electron chi connectivity index (χ0n) is 41.2. The number of para-hydroxylation sites is 1. The van der Waals surface area contributed by atoms with E-state index in [1.807, 2.05) is 11.3 Å². The van der Waals surface area contributed by atoms with E-state index >= 15 is 0 Å². The van der Waals surface area contributed by atoms with Crippen LogP contribution in [0.4, 0.5) is 11.4 Å². The Morgan fingerprint density at radius 3 is 1.84 bits per heavy atom. The highest BCUT2D eigenvalue weighted by molar-refractivity contribution is 7.26. The molecule has 3 aromatic heterocycles. The van der Waals surface area contributed by atoms with Gasteiger partial charge in [-0.1, -0.05) is 103 Å². The van der Waals surface area contributed by atoms with Crippen molar-refractivity contribution in [3.05, 3.63) is 163 Å². The van der Waals surface area contributed by atoms with Gasteiger partial charge in [0.1, 0.15) is 5.58 Å². The summed E-state index contributed by atoms with van der Waals surface area (Å²) in [5.41, 5.74) is 20.3. The van der Waals surface area contributed by atoms with Gasteiger partial charge in [0, 0.05) is 48.3 Å². The van der Waals surface area contributed by atoms with Crippen LogP contribution in [-0.2, 0) is 10.8 Å². The lowest BCUT2D eigenvalue weighted by Gasteiger charge is -2.57. The Hall–Kier alpha value is -6.56. The summed E-state index contributed by atoms with van der Waals surface area (Å²) in [7, 11) is 0. The maximum absolute atomic E-state index is 7.33. The minimum atomic E-state index is -0.0932. The molecular weight excluding hydrogens is 904 g/mol. The van der Waals surface area contributed by atoms with Crippen molar-refractivity contribution in [1.29, 1.82) is 0 Å². The lowest BCUT2D eigenvalue weighted by atomic mass is 9.42. The van der Waals surface area contributed by atoms with Crippen molar-refractivity contribution in [2.24, 2.45) is 35.5 Å². The van der Waals surface area contributed by atoms with Crippen LogP contribution in [0.1, 0.15) is 88.2 Å². The van der Waals surface area contributed by atoms with Crippen molar-refractivity contribution in [1.82, 2.24) is 4.57 Å². The number of hydrogen-bond donors (Lipinski definition) is 0. The standard InChI is InChI=1S/C68H55BN2OS/c1-2-8-44(9-3-1)45-14-17-48(18-15-45)71-63-51(19-20-52-50-11-5-7-13-60(50)73-66(52)63)54-31-56-49-10-4-6-12-59(49)72-65(56)64-61(54)69(71)57-30-47(68-35-41-25-42(36-68)27-43(26-41)37-68)29-55-53-28-46(16-21-58(53)70(64)62(55)57)67-32-38-22-39(33-67)24-40(23-38)34-67/h1-21,28-31,38-43H,22-27,32-37H2. The summed E-state index contributed by atoms with van der Waals surface area (Å²) in [5.74, 6) is 5.27. The molecule has 8 aliphatic carbocycles. The van der Waals surface area contributed by atoms with Crippen molar-refractivity contribution < 1.29 is 4.42 Å². The molecule has 2 aliphatic heterocycles. The van der Waals surface area contributed by atoms with Crippen molar-refractivity contribution in [2.75, 3.05) is 4.81 Å². The first-order valence-corrected chi connectivity index (χ1v) is 28.8. The van der Waals surface area contributed by atoms with Crippen LogP contribution in [0.5, 0.6) is 0 Å². The van der Waals surface area contributed by atoms with Gasteiger partial charge in [0.25, 0.3) is 0 Å². The molecule has 5 heteroatoms. The molecule has 10 aliphatic rings. The van der Waals surface area contributed by atoms with E-state index in [1.54, 1.807) is 11.1 Å². The number of fused-ring (bicyclic) bond motifs is 15. The third kappa shape index (κ3) is 5.18. The fourth-order valence-electron chi connectivity index (χ4n) is 19.3. The normalized spacial score (nSPS) is 27.9. The van der Waals surface area contributed by atoms with E-state index in [2.05, 4.69) is 161 Å². The van der Waals surface area contributed by atoms with Crippen LogP contribution >= 0.6 is 11.3 Å². The van der Waals surface area contributed by atoms with Gasteiger partial charge in [0.15, 0.2) is 5.58 Å². The van der Waals surface area contributed by atoms with Crippen LogP contribution in [0.2, 0.25) is 0 Å². The predicted molar refractivity (Wildman–Crippen MR) is 305 cm³/mol. The number of benzene rings is 8. The summed E-state index contributed by atoms with van der Waals surface area (Å²) >= 11 is 1.98. The highest BCUT2D eigenvalue weighted by atomic mass is 32.1. The van der Waals surface area contributed by atoms with E-state index in [4.69, 9.17) is 4.42 Å². The molecule has 3 nitrogen and oxygen atoms in total. The largest absolute Gasteiger partial charge is 0.454 e. The second-order valence-electron chi connectivity index (χ2n) is 25.2. The highest BCUT2D eigenvalue weighted by Gasteiger charge is 2.55. The fourth-order valence-corrected chi connectivity index (χ4v) is 20.5. The molecule has 8 fully saturated rings. The van der Waals surface area contributed by atoms with E-state index in [0.717, 1.165) is 46.7 Å². The van der Waals surface area contributed by atoms with E-state index in [0.29, 0.717) is 5.41 Å². The van der Waals surface area contributed by atoms with Gasteiger partial charge in [0.2, 0.25) is 0 Å². The average Bonchev–Trinajstić information content (AvgIpc) is 4.15. The van der Waals surface area contributed by atoms with Crippen molar-refractivity contribution in [3.8, 4) is 27.9 Å². The Bertz CT molecular complexity index is 4180. The molecule has 0 N–H and O–H groups in total. The second-order valence-corrected chi connectivity index (χ2v) is 26.3. The van der Waals surface area contributed by atoms with Crippen LogP contribution in [0.3, 0.4) is 0 Å². The molecule has 11 aromatic rings. The smallest absolute Gasteiger partial charge is 0.333 e. The van der Waals surface area contributed by atoms with Crippen LogP contribution in [0, 0.1) is 35.5 Å². The first-order valence-electron chi connectivity index (χ1n) is 28.0. The van der Waals surface area contributed by atoms with Gasteiger partial charge in [-0.15, -0.1) is 11.3 Å². The first kappa shape index (κ1) is 39.9. The molecule has 21 rings (SSSR count). The Kier molecular flexibility index (Phi) is 7.53. The topological polar surface area (TPSA) is 21.3 Å². The van der Waals surface area contributed by atoms with E-state index < -0.39 is 0 Å². The van der Waals surface area contributed by atoms with Gasteiger partial charge in [-0.2, -0.15) is 0 Å². The number of rotatable bonds is 4. The van der Waals surface area contributed by atoms with Gasteiger partial charge < -0.3 is 13.8 Å². The van der Waals surface area contributed by atoms with Gasteiger partial charge >= 0.3 is 6.85 Å². The minimum Gasteiger partial charge on any atom is -0.454 e. The molecule has 352 valence electrons. The first-order chi connectivity index (χ1) is 36.0. The molecule has 0 amide bonds. The summed E-state index contributed by atoms with van der Waals surface area (Å²) in [5, 5.41) is 8.02. The summed E-state index contributed by atoms with van der Waals surface area (Å²) in [6.45, 7) is -0.0932. The predicted octanol–water partition coefficient (Wildman–Crippen LogP) is 16.9. The molecule has 73 heavy (non-hydrogen) atoms. The zero-order valence-corrected chi connectivity index (χ0v) is 42.0. The Balaban J connectivity index is 0.965. The fraction of sp³-hybridized carbons (Fsp3) is 0.294. The summed E-state index contributed by atoms with van der Waals surface area (Å²) in [6, 6.07) is 59.5. The minimum absolute atomic E-state index is 0.0932. The lowest BCUT2D eigenvalue weighted by molar-refractivity contribution is -0.00526. The molecular formula is C68H55BN2OS. The number of anilines is 2. The molecule has 0 saturated heterocycles. The molecule has 8 aromatic carbocycles. The summed E-state index contributed by atoms with van der Waals surface area (Å²) < 4.78 is 12.8. The van der Waals surface area contributed by atoms with Gasteiger partial charge in [0.05, 0.1) is 27.1 Å². The number of furan rings is 1. The monoisotopic (exact) mass is 958 g/mol. The molecule has 0 unspecified atom stereocenters. The molecule has 0 radical (unpaired) electrons. The van der Waals surface area contributed by atoms with Crippen LogP contribution < -0.4 is 15.7 Å². The number of nitrogens with zero attached hydrogens (tertiary/aromatic N) is 2. The molecule has 5 heterocycles. The van der Waals surface area contributed by atoms with Crippen molar-refractivity contribution in [3.63, 3.8) is 0 Å². The van der Waals surface area contributed by atoms with Gasteiger partial charge in [-0.3, -0.25) is 0 Å². The van der Waals surface area contributed by atoms with Crippen LogP contribution in [-0.4, -0.2) is 11.4 Å². The van der Waals surface area contributed by atoms with Crippen molar-refractivity contribution >= 4 is 104 Å². The van der Waals surface area contributed by atoms with E-state index in [1.165, 1.54) is 180 Å². The maximum Gasteiger partial charge on any atom is 0.333 e. The summed E-state index contributed by atoms with van der Waals surface area (Å²) in [6.07, 6.45) is 16.9. The second kappa shape index (κ2) is 13.8. The molecule has 8 bridgehead atoms. The van der Waals surface area contributed by atoms with Crippen LogP contribution in [0.25, 0.3) is 91.9 Å². The van der Waals surface area contributed by atoms with E-state index in [-0.39, 0.29) is 12.3 Å². The number of aromatic nitrogens is 1. The molecule has 8 saturated carbocycles. The van der Waals surface area contributed by atoms with Crippen molar-refractivity contribution in [2.45, 2.75) is 87.9 Å². The summed E-state index contributed by atoms with van der Waals surface area (Å²) in [4.78, 5) is 2.82. The maximum atomic E-state index is 7.33. The SMILES string of the molecule is c1ccc(-c2ccc(N3B4c5c(cc6c(oc7ccccc76)c5-n5c6ccc(C78CC9CC(CC(C9)C7)C8)cc6c6cc(C78CC9CC(CC(C9)C7)C8)cc4c65)-c4ccc5c(sc6ccccc65)c43)cc2)cc1. The highest BCUT2D eigenvalue weighted by Crippen LogP contribution is 2.63. The van der Waals surface area contributed by atoms with E-state index in [9.17, 15) is 0 Å². The number of thiophene rings is 1. The molecule has 0 atom stereocenters. The third-order valence-electron chi connectivity index (χ3n) is 21.2. The lowest BCUT2D eigenvalue weighted by Crippen LogP contribution is -2.61. The third-order valence-corrected chi connectivity index (χ3v) is 22.4. The average molecular weight is 959 g/mol. The Labute approximate surface area is 429 Å². The Morgan fingerprint density at radius 1 is 0.479 bits per heavy atom. The van der Waals surface area contributed by atoms with Gasteiger partial charge in [-0.25, -0.2) is 0 Å². The molecule has 0 spiro atoms. The quantitative estimate of drug-likeness (QED) is 0.164.